The van der Waals surface area contributed by atoms with E-state index in [1.165, 1.54) is 34.4 Å². The molecule has 4 rings (SSSR count). The SMILES string of the molecule is CC(C)Oc1ccc(-c2nnc(-c3cccc4c3CCC4NSCC(=O)O)s2)cc1C#N. The molecule has 9 heteroatoms. The summed E-state index contributed by atoms with van der Waals surface area (Å²) >= 11 is 2.71. The third kappa shape index (κ3) is 4.78. The zero-order valence-electron chi connectivity index (χ0n) is 17.7. The fourth-order valence-corrected chi connectivity index (χ4v) is 5.28. The van der Waals surface area contributed by atoms with Gasteiger partial charge in [0.1, 0.15) is 27.6 Å². The maximum atomic E-state index is 10.8. The number of aromatic nitrogens is 2. The van der Waals surface area contributed by atoms with E-state index in [1.807, 2.05) is 26.0 Å². The van der Waals surface area contributed by atoms with Gasteiger partial charge in [-0.1, -0.05) is 41.5 Å². The van der Waals surface area contributed by atoms with Crippen LogP contribution in [0.3, 0.4) is 0 Å². The lowest BCUT2D eigenvalue weighted by Gasteiger charge is -2.13. The molecule has 0 amide bonds. The summed E-state index contributed by atoms with van der Waals surface area (Å²) in [5, 5.41) is 28.7. The van der Waals surface area contributed by atoms with Crippen molar-refractivity contribution in [3.63, 3.8) is 0 Å². The molecule has 164 valence electrons. The van der Waals surface area contributed by atoms with E-state index in [0.29, 0.717) is 11.3 Å². The first-order chi connectivity index (χ1) is 15.5. The molecule has 0 aliphatic heterocycles. The Hall–Kier alpha value is -2.93. The summed E-state index contributed by atoms with van der Waals surface area (Å²) < 4.78 is 8.98. The predicted octanol–water partition coefficient (Wildman–Crippen LogP) is 4.84. The molecule has 2 N–H and O–H groups in total. The molecule has 3 aromatic rings. The Morgan fingerprint density at radius 3 is 2.91 bits per heavy atom. The molecule has 1 atom stereocenters. The smallest absolute Gasteiger partial charge is 0.314 e. The van der Waals surface area contributed by atoms with E-state index in [1.54, 1.807) is 12.1 Å². The molecule has 0 bridgehead atoms. The van der Waals surface area contributed by atoms with E-state index in [0.717, 1.165) is 34.0 Å². The normalized spacial score (nSPS) is 14.9. The van der Waals surface area contributed by atoms with E-state index in [9.17, 15) is 10.1 Å². The Balaban J connectivity index is 1.58. The summed E-state index contributed by atoms with van der Waals surface area (Å²) in [4.78, 5) is 10.8. The maximum Gasteiger partial charge on any atom is 0.314 e. The second-order valence-corrected chi connectivity index (χ2v) is 9.46. The van der Waals surface area contributed by atoms with Gasteiger partial charge in [0.15, 0.2) is 0 Å². The maximum absolute atomic E-state index is 10.8. The van der Waals surface area contributed by atoms with Crippen molar-refractivity contribution in [1.82, 2.24) is 14.9 Å². The number of nitrogens with one attached hydrogen (secondary N) is 1. The molecular weight excluding hydrogens is 444 g/mol. The highest BCUT2D eigenvalue weighted by Gasteiger charge is 2.26. The summed E-state index contributed by atoms with van der Waals surface area (Å²) in [6.07, 6.45) is 1.79. The van der Waals surface area contributed by atoms with E-state index in [4.69, 9.17) is 9.84 Å². The molecular formula is C23H22N4O3S2. The number of ether oxygens (including phenoxy) is 1. The zero-order valence-corrected chi connectivity index (χ0v) is 19.3. The minimum absolute atomic E-state index is 0.0119. The largest absolute Gasteiger partial charge is 0.490 e. The van der Waals surface area contributed by atoms with Gasteiger partial charge in [0.2, 0.25) is 0 Å². The molecule has 2 aromatic carbocycles. The molecule has 1 aliphatic rings. The Morgan fingerprint density at radius 1 is 1.34 bits per heavy atom. The van der Waals surface area contributed by atoms with E-state index >= 15 is 0 Å². The van der Waals surface area contributed by atoms with Crippen LogP contribution in [0.1, 0.15) is 43.0 Å². The number of nitriles is 1. The van der Waals surface area contributed by atoms with Crippen LogP contribution in [-0.2, 0) is 11.2 Å². The van der Waals surface area contributed by atoms with Crippen LogP contribution < -0.4 is 9.46 Å². The number of benzene rings is 2. The molecule has 1 aliphatic carbocycles. The van der Waals surface area contributed by atoms with Crippen LogP contribution in [-0.4, -0.2) is 33.1 Å². The summed E-state index contributed by atoms with van der Waals surface area (Å²) in [5.41, 5.74) is 4.76. The number of rotatable bonds is 8. The number of aliphatic carboxylic acids is 1. The number of carbonyl (C=O) groups is 1. The highest BCUT2D eigenvalue weighted by atomic mass is 32.2. The second-order valence-electron chi connectivity index (χ2n) is 7.67. The molecule has 0 radical (unpaired) electrons. The Morgan fingerprint density at radius 2 is 2.16 bits per heavy atom. The van der Waals surface area contributed by atoms with Gasteiger partial charge in [-0.15, -0.1) is 10.2 Å². The number of hydrogen-bond donors (Lipinski definition) is 2. The van der Waals surface area contributed by atoms with Gasteiger partial charge in [0.25, 0.3) is 0 Å². The van der Waals surface area contributed by atoms with Crippen LogP contribution in [0, 0.1) is 11.3 Å². The van der Waals surface area contributed by atoms with Gasteiger partial charge >= 0.3 is 5.97 Å². The first kappa shape index (κ1) is 22.3. The first-order valence-corrected chi connectivity index (χ1v) is 12.0. The van der Waals surface area contributed by atoms with Crippen LogP contribution >= 0.6 is 23.3 Å². The highest BCUT2D eigenvalue weighted by Crippen LogP contribution is 2.40. The molecule has 0 spiro atoms. The average molecular weight is 467 g/mol. The molecule has 0 saturated carbocycles. The van der Waals surface area contributed by atoms with Crippen molar-refractivity contribution >= 4 is 29.3 Å². The van der Waals surface area contributed by atoms with E-state index in [-0.39, 0.29) is 17.9 Å². The zero-order chi connectivity index (χ0) is 22.7. The minimum Gasteiger partial charge on any atom is -0.490 e. The Bertz CT molecular complexity index is 1190. The summed E-state index contributed by atoms with van der Waals surface area (Å²) in [5.74, 6) is -0.243. The van der Waals surface area contributed by atoms with Gasteiger partial charge < -0.3 is 9.84 Å². The van der Waals surface area contributed by atoms with Crippen molar-refractivity contribution in [2.75, 3.05) is 5.75 Å². The van der Waals surface area contributed by atoms with Crippen molar-refractivity contribution < 1.29 is 14.6 Å². The molecule has 7 nitrogen and oxygen atoms in total. The minimum atomic E-state index is -0.834. The van der Waals surface area contributed by atoms with Gasteiger partial charge in [0, 0.05) is 17.2 Å². The molecule has 1 unspecified atom stereocenters. The number of fused-ring (bicyclic) bond motifs is 1. The summed E-state index contributed by atoms with van der Waals surface area (Å²) in [7, 11) is 0. The summed E-state index contributed by atoms with van der Waals surface area (Å²) in [6.45, 7) is 3.85. The van der Waals surface area contributed by atoms with Gasteiger partial charge in [0.05, 0.1) is 11.7 Å². The average Bonchev–Trinajstić information content (AvgIpc) is 3.41. The molecule has 32 heavy (non-hydrogen) atoms. The number of hydrogen-bond acceptors (Lipinski definition) is 8. The Labute approximate surface area is 194 Å². The van der Waals surface area contributed by atoms with Crippen LogP contribution in [0.5, 0.6) is 5.75 Å². The first-order valence-electron chi connectivity index (χ1n) is 10.2. The molecule has 0 fully saturated rings. The standard InChI is InChI=1S/C23H22N4O3S2/c1-13(2)30-20-9-6-14(10-15(20)11-24)22-25-26-23(32-22)18-5-3-4-17-16(18)7-8-19(17)27-31-12-21(28)29/h3-6,9-10,13,19,27H,7-8,12H2,1-2H3,(H,28,29). The van der Waals surface area contributed by atoms with Crippen molar-refractivity contribution in [3.8, 4) is 33.0 Å². The lowest BCUT2D eigenvalue weighted by atomic mass is 10.0. The van der Waals surface area contributed by atoms with Crippen molar-refractivity contribution in [1.29, 1.82) is 5.26 Å². The lowest BCUT2D eigenvalue weighted by Crippen LogP contribution is -2.14. The lowest BCUT2D eigenvalue weighted by molar-refractivity contribution is -0.133. The molecule has 1 heterocycles. The number of carboxylic acid groups (broad SMARTS) is 1. The van der Waals surface area contributed by atoms with E-state index in [2.05, 4.69) is 33.1 Å². The third-order valence-corrected chi connectivity index (χ3v) is 6.91. The topological polar surface area (TPSA) is 108 Å². The van der Waals surface area contributed by atoms with Gasteiger partial charge in [-0.25, -0.2) is 0 Å². The molecule has 0 saturated heterocycles. The predicted molar refractivity (Wildman–Crippen MR) is 126 cm³/mol. The fraction of sp³-hybridized carbons (Fsp3) is 0.304. The van der Waals surface area contributed by atoms with Gasteiger partial charge in [-0.2, -0.15) is 5.26 Å². The van der Waals surface area contributed by atoms with Gasteiger partial charge in [-0.05, 0) is 56.0 Å². The van der Waals surface area contributed by atoms with Gasteiger partial charge in [-0.3, -0.25) is 9.52 Å². The second kappa shape index (κ2) is 9.69. The fourth-order valence-electron chi connectivity index (χ4n) is 3.74. The number of nitrogens with zero attached hydrogens (tertiary/aromatic N) is 3. The third-order valence-electron chi connectivity index (χ3n) is 5.06. The van der Waals surface area contributed by atoms with Crippen LogP contribution in [0.2, 0.25) is 0 Å². The monoisotopic (exact) mass is 466 g/mol. The van der Waals surface area contributed by atoms with Crippen LogP contribution in [0.15, 0.2) is 36.4 Å². The number of carboxylic acids is 1. The van der Waals surface area contributed by atoms with Crippen molar-refractivity contribution in [2.45, 2.75) is 38.8 Å². The Kier molecular flexibility index (Phi) is 6.74. The van der Waals surface area contributed by atoms with Crippen LogP contribution in [0.4, 0.5) is 0 Å². The highest BCUT2D eigenvalue weighted by molar-refractivity contribution is 7.98. The quantitative estimate of drug-likeness (QED) is 0.454. The van der Waals surface area contributed by atoms with Crippen molar-refractivity contribution in [3.05, 3.63) is 53.1 Å². The van der Waals surface area contributed by atoms with Crippen molar-refractivity contribution in [2.24, 2.45) is 0 Å². The molecule has 1 aromatic heterocycles. The van der Waals surface area contributed by atoms with Crippen LogP contribution in [0.25, 0.3) is 21.1 Å². The summed E-state index contributed by atoms with van der Waals surface area (Å²) in [6, 6.07) is 13.9. The van der Waals surface area contributed by atoms with E-state index < -0.39 is 5.97 Å².